The highest BCUT2D eigenvalue weighted by Gasteiger charge is 2.27. The first kappa shape index (κ1) is 19.7. The summed E-state index contributed by atoms with van der Waals surface area (Å²) in [7, 11) is -1.50. The third-order valence-electron chi connectivity index (χ3n) is 4.71. The second-order valence-corrected chi connectivity index (χ2v) is 6.55. The van der Waals surface area contributed by atoms with E-state index >= 15 is 0 Å². The highest BCUT2D eigenvalue weighted by molar-refractivity contribution is 7.16. The van der Waals surface area contributed by atoms with Gasteiger partial charge in [0.05, 0.1) is 6.61 Å². The number of fused-ring (bicyclic) bond motifs is 1. The Kier molecular flexibility index (Phi) is 7.10. The van der Waals surface area contributed by atoms with Crippen LogP contribution in [-0.2, 0) is 4.57 Å². The van der Waals surface area contributed by atoms with Gasteiger partial charge in [-0.2, -0.15) is 0 Å². The molecular formula is C19H23FNO5P. The van der Waals surface area contributed by atoms with Crippen molar-refractivity contribution in [3.8, 4) is 17.2 Å². The van der Waals surface area contributed by atoms with Crippen LogP contribution in [0.2, 0.25) is 0 Å². The average Bonchev–Trinajstić information content (AvgIpc) is 3.16. The molecule has 2 N–H and O–H groups in total. The lowest BCUT2D eigenvalue weighted by Crippen LogP contribution is -2.38. The second kappa shape index (κ2) is 9.74. The van der Waals surface area contributed by atoms with Crippen LogP contribution in [0.5, 0.6) is 17.2 Å². The summed E-state index contributed by atoms with van der Waals surface area (Å²) in [6, 6.07) is 12.5. The largest absolute Gasteiger partial charge is 0.493 e. The summed E-state index contributed by atoms with van der Waals surface area (Å²) >= 11 is 0. The van der Waals surface area contributed by atoms with Crippen LogP contribution in [0.4, 0.5) is 4.39 Å². The van der Waals surface area contributed by atoms with Crippen LogP contribution in [-0.4, -0.2) is 31.4 Å². The number of benzene rings is 2. The number of piperidine rings is 1. The van der Waals surface area contributed by atoms with E-state index in [-0.39, 0.29) is 12.6 Å². The summed E-state index contributed by atoms with van der Waals surface area (Å²) in [5, 5.41) is 3.43. The maximum absolute atomic E-state index is 13.2. The number of ether oxygens (including phenoxy) is 3. The zero-order valence-corrected chi connectivity index (χ0v) is 15.9. The van der Waals surface area contributed by atoms with E-state index in [2.05, 4.69) is 5.32 Å². The maximum Gasteiger partial charge on any atom is 0.231 e. The second-order valence-electron chi connectivity index (χ2n) is 6.34. The van der Waals surface area contributed by atoms with Gasteiger partial charge in [-0.3, -0.25) is 4.57 Å². The van der Waals surface area contributed by atoms with Gasteiger partial charge in [0.1, 0.15) is 11.6 Å². The summed E-state index contributed by atoms with van der Waals surface area (Å²) in [4.78, 5) is 7.10. The van der Waals surface area contributed by atoms with E-state index in [1.54, 1.807) is 0 Å². The fourth-order valence-electron chi connectivity index (χ4n) is 3.42. The quantitative estimate of drug-likeness (QED) is 0.776. The van der Waals surface area contributed by atoms with Crippen molar-refractivity contribution in [2.75, 3.05) is 26.5 Å². The number of rotatable bonds is 4. The van der Waals surface area contributed by atoms with Crippen LogP contribution in [0.15, 0.2) is 42.5 Å². The topological polar surface area (TPSA) is 77.0 Å². The van der Waals surface area contributed by atoms with Crippen LogP contribution in [0.1, 0.15) is 17.9 Å². The Morgan fingerprint density at radius 2 is 1.93 bits per heavy atom. The van der Waals surface area contributed by atoms with Crippen molar-refractivity contribution >= 4 is 8.69 Å². The zero-order chi connectivity index (χ0) is 19.1. The molecule has 2 aromatic carbocycles. The van der Waals surface area contributed by atoms with Gasteiger partial charge in [0.2, 0.25) is 6.79 Å². The van der Waals surface area contributed by atoms with Crippen LogP contribution in [0.3, 0.4) is 0 Å². The van der Waals surface area contributed by atoms with Crippen molar-refractivity contribution in [2.45, 2.75) is 12.3 Å². The minimum Gasteiger partial charge on any atom is -0.493 e. The Morgan fingerprint density at radius 1 is 1.19 bits per heavy atom. The van der Waals surface area contributed by atoms with Crippen molar-refractivity contribution < 1.29 is 28.1 Å². The van der Waals surface area contributed by atoms with Gasteiger partial charge in [0.25, 0.3) is 0 Å². The maximum atomic E-state index is 13.2. The first-order valence-corrected chi connectivity index (χ1v) is 9.76. The van der Waals surface area contributed by atoms with Crippen molar-refractivity contribution in [2.24, 2.45) is 5.92 Å². The molecule has 146 valence electrons. The molecule has 3 atom stereocenters. The molecule has 0 saturated carbocycles. The van der Waals surface area contributed by atoms with Gasteiger partial charge < -0.3 is 24.4 Å². The highest BCUT2D eigenvalue weighted by atomic mass is 31.1. The van der Waals surface area contributed by atoms with Gasteiger partial charge in [0.15, 0.2) is 20.2 Å². The van der Waals surface area contributed by atoms with Crippen LogP contribution >= 0.6 is 8.69 Å². The third kappa shape index (κ3) is 5.22. The molecule has 0 aliphatic carbocycles. The Morgan fingerprint density at radius 3 is 2.70 bits per heavy atom. The van der Waals surface area contributed by atoms with E-state index in [0.717, 1.165) is 36.8 Å². The normalized spacial score (nSPS) is 21.0. The molecule has 0 aromatic heterocycles. The van der Waals surface area contributed by atoms with Gasteiger partial charge in [-0.15, -0.1) is 0 Å². The lowest BCUT2D eigenvalue weighted by molar-refractivity contribution is 0.173. The number of nitrogens with one attached hydrogen (secondary N) is 1. The van der Waals surface area contributed by atoms with E-state index < -0.39 is 8.69 Å². The molecule has 2 aromatic rings. The number of hydrogen-bond acceptors (Lipinski definition) is 5. The van der Waals surface area contributed by atoms with Crippen LogP contribution in [0.25, 0.3) is 0 Å². The molecule has 2 aliphatic heterocycles. The smallest absolute Gasteiger partial charge is 0.231 e. The van der Waals surface area contributed by atoms with Gasteiger partial charge in [0, 0.05) is 18.5 Å². The molecule has 1 saturated heterocycles. The van der Waals surface area contributed by atoms with Crippen molar-refractivity contribution in [3.05, 3.63) is 53.8 Å². The number of halogens is 1. The third-order valence-corrected chi connectivity index (χ3v) is 4.71. The van der Waals surface area contributed by atoms with Crippen LogP contribution in [0, 0.1) is 11.7 Å². The Bertz CT molecular complexity index is 758. The predicted octanol–water partition coefficient (Wildman–Crippen LogP) is 2.98. The average molecular weight is 395 g/mol. The van der Waals surface area contributed by atoms with Gasteiger partial charge in [-0.25, -0.2) is 4.39 Å². The molecule has 27 heavy (non-hydrogen) atoms. The molecule has 6 nitrogen and oxygen atoms in total. The van der Waals surface area contributed by atoms with Gasteiger partial charge >= 0.3 is 0 Å². The summed E-state index contributed by atoms with van der Waals surface area (Å²) < 4.78 is 38.4. The fraction of sp³-hybridized carbons (Fsp3) is 0.368. The molecule has 2 aliphatic rings. The summed E-state index contributed by atoms with van der Waals surface area (Å²) in [5.41, 5.74) is 1.18. The predicted molar refractivity (Wildman–Crippen MR) is 101 cm³/mol. The van der Waals surface area contributed by atoms with Crippen molar-refractivity contribution in [3.63, 3.8) is 0 Å². The highest BCUT2D eigenvalue weighted by Crippen LogP contribution is 2.36. The fourth-order valence-corrected chi connectivity index (χ4v) is 3.42. The minimum absolute atomic E-state index is 0.194. The molecule has 2 heterocycles. The van der Waals surface area contributed by atoms with E-state index in [0.29, 0.717) is 18.4 Å². The van der Waals surface area contributed by atoms with Crippen molar-refractivity contribution in [1.29, 1.82) is 0 Å². The summed E-state index contributed by atoms with van der Waals surface area (Å²) in [5.74, 6) is 2.79. The summed E-state index contributed by atoms with van der Waals surface area (Å²) in [6.07, 6.45) is 1.03. The Hall–Kier alpha value is -2.08. The first-order valence-electron chi connectivity index (χ1n) is 8.77. The molecule has 0 bridgehead atoms. The number of hydrogen-bond donors (Lipinski definition) is 2. The van der Waals surface area contributed by atoms with E-state index in [9.17, 15) is 4.39 Å². The zero-order valence-electron chi connectivity index (χ0n) is 14.8. The van der Waals surface area contributed by atoms with E-state index in [1.165, 1.54) is 17.7 Å². The lowest BCUT2D eigenvalue weighted by atomic mass is 9.81. The van der Waals surface area contributed by atoms with Gasteiger partial charge in [-0.1, -0.05) is 12.1 Å². The first-order chi connectivity index (χ1) is 13.2. The van der Waals surface area contributed by atoms with Gasteiger partial charge in [-0.05, 0) is 48.7 Å². The molecule has 1 fully saturated rings. The molecule has 1 unspecified atom stereocenters. The molecule has 0 spiro atoms. The molecule has 4 rings (SSSR count). The summed E-state index contributed by atoms with van der Waals surface area (Å²) in [6.45, 7) is 2.74. The Balaban J connectivity index is 0.000000659. The van der Waals surface area contributed by atoms with Crippen LogP contribution < -0.4 is 19.5 Å². The molecular weight excluding hydrogens is 372 g/mol. The molecule has 8 heteroatoms. The molecule has 0 amide bonds. The molecule has 0 radical (unpaired) electrons. The minimum atomic E-state index is -1.50. The van der Waals surface area contributed by atoms with Crippen molar-refractivity contribution in [1.82, 2.24) is 5.32 Å². The SMILES string of the molecule is Fc1ccc([C@@H]2CCNC[C@H]2COc2ccc3c(c2)OCO3)cc1.O=[PH2]O. The monoisotopic (exact) mass is 395 g/mol. The lowest BCUT2D eigenvalue weighted by Gasteiger charge is -2.32. The Labute approximate surface area is 158 Å². The van der Waals surface area contributed by atoms with E-state index in [4.69, 9.17) is 23.7 Å². The van der Waals surface area contributed by atoms with E-state index in [1.807, 2.05) is 30.3 Å². The standard InChI is InChI=1S/C19H20FNO3.H3O2P/c20-15-3-1-13(2-4-15)17-7-8-21-10-14(17)11-22-16-5-6-18-19(9-16)24-12-23-18;1-3-2/h1-6,9,14,17,21H,7-8,10-12H2;3H2,(H,1,2)/t14-,17-;/m0./s1.